The molecule has 3 rings (SSSR count). The molecular formula is C14H3F9O2. The fourth-order valence-electron chi connectivity index (χ4n) is 2.63. The number of halogens is 9. The van der Waals surface area contributed by atoms with E-state index in [0.717, 1.165) is 0 Å². The van der Waals surface area contributed by atoms with Crippen LogP contribution in [0.25, 0.3) is 16.6 Å². The summed E-state index contributed by atoms with van der Waals surface area (Å²) < 4.78 is 124. The molecule has 0 aliphatic heterocycles. The first-order valence-electron chi connectivity index (χ1n) is 6.25. The van der Waals surface area contributed by atoms with Gasteiger partial charge in [-0.05, 0) is 0 Å². The lowest BCUT2D eigenvalue weighted by Crippen LogP contribution is -2.38. The predicted molar refractivity (Wildman–Crippen MR) is 64.4 cm³/mol. The Kier molecular flexibility index (Phi) is 3.50. The van der Waals surface area contributed by atoms with Gasteiger partial charge in [-0.3, -0.25) is 0 Å². The minimum absolute atomic E-state index is 1.72. The van der Waals surface area contributed by atoms with Gasteiger partial charge in [-0.1, -0.05) is 0 Å². The number of hydrogen-bond donors (Lipinski definition) is 2. The molecule has 134 valence electrons. The SMILES string of the molecule is Oc1c(F)c(F)c(F)c2c(F)c(F)c3c(c12)C(F)=C(F)C(F)C3(O)F. The zero-order valence-corrected chi connectivity index (χ0v) is 11.4. The molecule has 1 aliphatic rings. The summed E-state index contributed by atoms with van der Waals surface area (Å²) in [6.45, 7) is 0. The lowest BCUT2D eigenvalue weighted by atomic mass is 9.85. The Hall–Kier alpha value is -2.43. The summed E-state index contributed by atoms with van der Waals surface area (Å²) in [6.07, 6.45) is -3.83. The van der Waals surface area contributed by atoms with E-state index in [1.807, 2.05) is 0 Å². The molecule has 0 amide bonds. The Balaban J connectivity index is 2.73. The lowest BCUT2D eigenvalue weighted by Gasteiger charge is -2.30. The van der Waals surface area contributed by atoms with Gasteiger partial charge in [-0.15, -0.1) is 0 Å². The molecule has 0 saturated carbocycles. The number of alkyl halides is 2. The van der Waals surface area contributed by atoms with Crippen molar-refractivity contribution in [2.24, 2.45) is 0 Å². The minimum atomic E-state index is -4.68. The molecule has 0 heterocycles. The van der Waals surface area contributed by atoms with Crippen LogP contribution in [0.2, 0.25) is 0 Å². The lowest BCUT2D eigenvalue weighted by molar-refractivity contribution is -0.149. The van der Waals surface area contributed by atoms with Gasteiger partial charge in [0.25, 0.3) is 5.85 Å². The molecule has 25 heavy (non-hydrogen) atoms. The van der Waals surface area contributed by atoms with Crippen LogP contribution in [0.1, 0.15) is 11.1 Å². The van der Waals surface area contributed by atoms with Crippen molar-refractivity contribution >= 4 is 16.6 Å². The maximum atomic E-state index is 14.1. The van der Waals surface area contributed by atoms with Crippen LogP contribution in [0.3, 0.4) is 0 Å². The van der Waals surface area contributed by atoms with Gasteiger partial charge in [0, 0.05) is 10.9 Å². The molecule has 0 radical (unpaired) electrons. The fourth-order valence-corrected chi connectivity index (χ4v) is 2.63. The van der Waals surface area contributed by atoms with Crippen LogP contribution < -0.4 is 0 Å². The van der Waals surface area contributed by atoms with Gasteiger partial charge in [0.1, 0.15) is 0 Å². The number of hydrogen-bond acceptors (Lipinski definition) is 2. The largest absolute Gasteiger partial charge is 0.504 e. The predicted octanol–water partition coefficient (Wildman–Crippen LogP) is 4.31. The molecule has 2 atom stereocenters. The van der Waals surface area contributed by atoms with Crippen LogP contribution >= 0.6 is 0 Å². The highest BCUT2D eigenvalue weighted by Crippen LogP contribution is 2.51. The highest BCUT2D eigenvalue weighted by molar-refractivity contribution is 6.00. The van der Waals surface area contributed by atoms with Crippen molar-refractivity contribution in [1.29, 1.82) is 0 Å². The zero-order valence-electron chi connectivity index (χ0n) is 11.4. The monoisotopic (exact) mass is 374 g/mol. The molecule has 0 spiro atoms. The van der Waals surface area contributed by atoms with Crippen LogP contribution in [-0.4, -0.2) is 16.4 Å². The Morgan fingerprint density at radius 2 is 1.28 bits per heavy atom. The summed E-state index contributed by atoms with van der Waals surface area (Å²) in [6, 6.07) is 0. The van der Waals surface area contributed by atoms with Gasteiger partial charge in [0.15, 0.2) is 40.7 Å². The summed E-state index contributed by atoms with van der Waals surface area (Å²) in [4.78, 5) is 0. The summed E-state index contributed by atoms with van der Waals surface area (Å²) in [7, 11) is 0. The van der Waals surface area contributed by atoms with Crippen LogP contribution in [-0.2, 0) is 5.85 Å². The van der Waals surface area contributed by atoms with E-state index < -0.39 is 80.4 Å². The van der Waals surface area contributed by atoms with Crippen molar-refractivity contribution in [1.82, 2.24) is 0 Å². The Morgan fingerprint density at radius 1 is 0.760 bits per heavy atom. The van der Waals surface area contributed by atoms with E-state index in [4.69, 9.17) is 0 Å². The average Bonchev–Trinajstić information content (AvgIpc) is 2.56. The Bertz CT molecular complexity index is 981. The van der Waals surface area contributed by atoms with Crippen molar-refractivity contribution in [2.45, 2.75) is 12.0 Å². The second-order valence-electron chi connectivity index (χ2n) is 5.12. The number of fused-ring (bicyclic) bond motifs is 3. The van der Waals surface area contributed by atoms with E-state index in [1.54, 1.807) is 0 Å². The van der Waals surface area contributed by atoms with Crippen LogP contribution in [0, 0.1) is 29.1 Å². The molecule has 2 unspecified atom stereocenters. The van der Waals surface area contributed by atoms with Gasteiger partial charge in [0.05, 0.1) is 10.9 Å². The molecule has 2 aromatic rings. The third-order valence-electron chi connectivity index (χ3n) is 3.77. The van der Waals surface area contributed by atoms with Gasteiger partial charge < -0.3 is 10.2 Å². The van der Waals surface area contributed by atoms with E-state index in [-0.39, 0.29) is 0 Å². The molecular weight excluding hydrogens is 371 g/mol. The molecule has 0 fully saturated rings. The first kappa shape index (κ1) is 17.4. The Morgan fingerprint density at radius 3 is 1.84 bits per heavy atom. The van der Waals surface area contributed by atoms with E-state index in [2.05, 4.69) is 0 Å². The number of aliphatic hydroxyl groups is 1. The zero-order chi connectivity index (χ0) is 19.0. The molecule has 2 N–H and O–H groups in total. The second kappa shape index (κ2) is 5.04. The quantitative estimate of drug-likeness (QED) is 0.533. The van der Waals surface area contributed by atoms with Crippen molar-refractivity contribution < 1.29 is 49.7 Å². The highest BCUT2D eigenvalue weighted by Gasteiger charge is 2.53. The third-order valence-corrected chi connectivity index (χ3v) is 3.77. The number of phenolic OH excluding ortho intramolecular Hbond substituents is 1. The molecule has 11 heteroatoms. The molecule has 2 nitrogen and oxygen atoms in total. The van der Waals surface area contributed by atoms with Gasteiger partial charge in [-0.2, -0.15) is 4.39 Å². The number of phenols is 1. The van der Waals surface area contributed by atoms with Gasteiger partial charge in [-0.25, -0.2) is 35.1 Å². The fraction of sp³-hybridized carbons (Fsp3) is 0.143. The highest BCUT2D eigenvalue weighted by atomic mass is 19.2. The van der Waals surface area contributed by atoms with E-state index in [0.29, 0.717) is 0 Å². The summed E-state index contributed by atoms with van der Waals surface area (Å²) in [5, 5.41) is 15.2. The third kappa shape index (κ3) is 1.92. The van der Waals surface area contributed by atoms with E-state index >= 15 is 0 Å². The number of rotatable bonds is 0. The standard InChI is InChI=1S/C14H3F9O2/c15-5-2-1-3(7(17)9(19)10(20)12(1)24)6(16)8(18)4(2)14(23,25)13(22)11(5)21/h13,24-25H. The van der Waals surface area contributed by atoms with Crippen LogP contribution in [0.4, 0.5) is 39.5 Å². The molecule has 2 aromatic carbocycles. The summed E-state index contributed by atoms with van der Waals surface area (Å²) in [5.41, 5.74) is -4.06. The van der Waals surface area contributed by atoms with Gasteiger partial charge in [0.2, 0.25) is 12.0 Å². The van der Waals surface area contributed by atoms with Crippen molar-refractivity contribution in [2.75, 3.05) is 0 Å². The number of aromatic hydroxyl groups is 1. The Labute approximate surface area is 131 Å². The van der Waals surface area contributed by atoms with Crippen molar-refractivity contribution in [3.05, 3.63) is 46.0 Å². The van der Waals surface area contributed by atoms with E-state index in [9.17, 15) is 49.7 Å². The minimum Gasteiger partial charge on any atom is -0.504 e. The molecule has 0 bridgehead atoms. The van der Waals surface area contributed by atoms with Crippen molar-refractivity contribution in [3.8, 4) is 5.75 Å². The first-order chi connectivity index (χ1) is 11.4. The van der Waals surface area contributed by atoms with Crippen LogP contribution in [0.15, 0.2) is 5.83 Å². The summed E-state index contributed by atoms with van der Waals surface area (Å²) >= 11 is 0. The van der Waals surface area contributed by atoms with Gasteiger partial charge >= 0.3 is 0 Å². The second-order valence-corrected chi connectivity index (χ2v) is 5.12. The normalized spacial score (nSPS) is 23.4. The van der Waals surface area contributed by atoms with Crippen LogP contribution in [0.5, 0.6) is 5.75 Å². The number of benzene rings is 2. The smallest absolute Gasteiger partial charge is 0.274 e. The molecule has 0 saturated heterocycles. The average molecular weight is 374 g/mol. The summed E-state index contributed by atoms with van der Waals surface area (Å²) in [5.74, 6) is -24.2. The maximum Gasteiger partial charge on any atom is 0.274 e. The van der Waals surface area contributed by atoms with E-state index in [1.165, 1.54) is 0 Å². The van der Waals surface area contributed by atoms with Crippen molar-refractivity contribution in [3.63, 3.8) is 0 Å². The first-order valence-corrected chi connectivity index (χ1v) is 6.25. The maximum absolute atomic E-state index is 14.1. The topological polar surface area (TPSA) is 40.5 Å². The molecule has 1 aliphatic carbocycles. The molecule has 0 aromatic heterocycles.